The van der Waals surface area contributed by atoms with E-state index in [-0.39, 0.29) is 24.3 Å². The lowest BCUT2D eigenvalue weighted by Crippen LogP contribution is -2.18. The Morgan fingerprint density at radius 2 is 2.05 bits per heavy atom. The summed E-state index contributed by atoms with van der Waals surface area (Å²) < 4.78 is 4.74. The van der Waals surface area contributed by atoms with E-state index in [0.717, 1.165) is 11.3 Å². The van der Waals surface area contributed by atoms with Crippen molar-refractivity contribution in [2.24, 2.45) is 5.73 Å². The highest BCUT2D eigenvalue weighted by Gasteiger charge is 2.28. The standard InChI is InChI=1S/C12H19N3O3S/c1-12(2,3)9-8(10(17)18-4)19-11(15-9)14-7(16)5-6-13/h5-6,13H2,1-4H3,(H,14,15,16). The second-order valence-electron chi connectivity index (χ2n) is 5.03. The van der Waals surface area contributed by atoms with E-state index in [1.165, 1.54) is 7.11 Å². The van der Waals surface area contributed by atoms with Crippen molar-refractivity contribution in [3.63, 3.8) is 0 Å². The maximum absolute atomic E-state index is 11.7. The van der Waals surface area contributed by atoms with Crippen molar-refractivity contribution < 1.29 is 14.3 Å². The summed E-state index contributed by atoms with van der Waals surface area (Å²) in [5.74, 6) is -0.658. The van der Waals surface area contributed by atoms with Crippen LogP contribution < -0.4 is 11.1 Å². The van der Waals surface area contributed by atoms with Gasteiger partial charge in [-0.15, -0.1) is 0 Å². The molecular formula is C12H19N3O3S. The number of nitrogens with two attached hydrogens (primary N) is 1. The molecule has 1 heterocycles. The number of ether oxygens (including phenoxy) is 1. The zero-order valence-corrected chi connectivity index (χ0v) is 12.4. The smallest absolute Gasteiger partial charge is 0.350 e. The molecule has 0 atom stereocenters. The summed E-state index contributed by atoms with van der Waals surface area (Å²) in [6.45, 7) is 6.10. The highest BCUT2D eigenvalue weighted by Crippen LogP contribution is 2.32. The molecule has 0 bridgehead atoms. The molecule has 19 heavy (non-hydrogen) atoms. The van der Waals surface area contributed by atoms with Crippen LogP contribution in [0.25, 0.3) is 0 Å². The molecule has 3 N–H and O–H groups in total. The Morgan fingerprint density at radius 1 is 1.42 bits per heavy atom. The molecule has 7 heteroatoms. The normalized spacial score (nSPS) is 11.2. The first kappa shape index (κ1) is 15.6. The van der Waals surface area contributed by atoms with Gasteiger partial charge in [0, 0.05) is 18.4 Å². The molecule has 0 aliphatic heterocycles. The van der Waals surface area contributed by atoms with Gasteiger partial charge < -0.3 is 15.8 Å². The molecule has 0 aliphatic rings. The quantitative estimate of drug-likeness (QED) is 0.818. The number of hydrogen-bond donors (Lipinski definition) is 2. The van der Waals surface area contributed by atoms with Gasteiger partial charge in [-0.05, 0) is 0 Å². The summed E-state index contributed by atoms with van der Waals surface area (Å²) in [4.78, 5) is 27.9. The molecule has 1 aromatic heterocycles. The molecule has 1 amide bonds. The van der Waals surface area contributed by atoms with Crippen molar-refractivity contribution in [3.8, 4) is 0 Å². The summed E-state index contributed by atoms with van der Waals surface area (Å²) >= 11 is 1.11. The average Bonchev–Trinajstić information content (AvgIpc) is 2.72. The summed E-state index contributed by atoms with van der Waals surface area (Å²) in [6.07, 6.45) is 0.220. The predicted molar refractivity (Wildman–Crippen MR) is 74.5 cm³/mol. The predicted octanol–water partition coefficient (Wildman–Crippen LogP) is 1.51. The fraction of sp³-hybridized carbons (Fsp3) is 0.583. The van der Waals surface area contributed by atoms with Gasteiger partial charge in [-0.3, -0.25) is 4.79 Å². The summed E-state index contributed by atoms with van der Waals surface area (Å²) in [7, 11) is 1.32. The van der Waals surface area contributed by atoms with Crippen molar-refractivity contribution in [2.45, 2.75) is 32.6 Å². The molecule has 0 aromatic carbocycles. The van der Waals surface area contributed by atoms with Crippen LogP contribution in [0.4, 0.5) is 5.13 Å². The van der Waals surface area contributed by atoms with Crippen molar-refractivity contribution in [3.05, 3.63) is 10.6 Å². The molecule has 1 rings (SSSR count). The summed E-state index contributed by atoms with van der Waals surface area (Å²) in [6, 6.07) is 0. The van der Waals surface area contributed by atoms with Crippen LogP contribution in [0.2, 0.25) is 0 Å². The van der Waals surface area contributed by atoms with E-state index in [1.54, 1.807) is 0 Å². The second-order valence-corrected chi connectivity index (χ2v) is 6.02. The summed E-state index contributed by atoms with van der Waals surface area (Å²) in [5, 5.41) is 3.03. The van der Waals surface area contributed by atoms with Crippen molar-refractivity contribution >= 4 is 28.3 Å². The fourth-order valence-electron chi connectivity index (χ4n) is 1.43. The lowest BCUT2D eigenvalue weighted by Gasteiger charge is -2.16. The van der Waals surface area contributed by atoms with Crippen LogP contribution in [0.3, 0.4) is 0 Å². The van der Waals surface area contributed by atoms with Gasteiger partial charge >= 0.3 is 5.97 Å². The van der Waals surface area contributed by atoms with Crippen LogP contribution >= 0.6 is 11.3 Å². The number of hydrogen-bond acceptors (Lipinski definition) is 6. The minimum atomic E-state index is -0.443. The number of anilines is 1. The topological polar surface area (TPSA) is 94.3 Å². The molecule has 0 aliphatic carbocycles. The SMILES string of the molecule is COC(=O)c1sc(NC(=O)CCN)nc1C(C)(C)C. The molecule has 1 aromatic rings. The van der Waals surface area contributed by atoms with E-state index >= 15 is 0 Å². The lowest BCUT2D eigenvalue weighted by molar-refractivity contribution is -0.116. The Hall–Kier alpha value is -1.47. The average molecular weight is 285 g/mol. The van der Waals surface area contributed by atoms with E-state index in [9.17, 15) is 9.59 Å². The van der Waals surface area contributed by atoms with Gasteiger partial charge in [0.15, 0.2) is 5.13 Å². The Balaban J connectivity index is 3.07. The van der Waals surface area contributed by atoms with Crippen molar-refractivity contribution in [1.29, 1.82) is 0 Å². The number of thiazole rings is 1. The molecule has 6 nitrogen and oxygen atoms in total. The maximum atomic E-state index is 11.7. The number of aromatic nitrogens is 1. The van der Waals surface area contributed by atoms with E-state index < -0.39 is 5.97 Å². The number of esters is 1. The number of carbonyl (C=O) groups excluding carboxylic acids is 2. The molecule has 0 fully saturated rings. The zero-order chi connectivity index (χ0) is 14.6. The Bertz CT molecular complexity index is 477. The Morgan fingerprint density at radius 3 is 2.53 bits per heavy atom. The third kappa shape index (κ3) is 4.00. The largest absolute Gasteiger partial charge is 0.465 e. The first-order chi connectivity index (χ1) is 8.79. The molecule has 106 valence electrons. The first-order valence-corrected chi connectivity index (χ1v) is 6.70. The molecule has 0 radical (unpaired) electrons. The third-order valence-corrected chi connectivity index (χ3v) is 3.28. The maximum Gasteiger partial charge on any atom is 0.350 e. The number of rotatable bonds is 4. The highest BCUT2D eigenvalue weighted by molar-refractivity contribution is 7.17. The number of carbonyl (C=O) groups is 2. The van der Waals surface area contributed by atoms with Crippen LogP contribution in [0.1, 0.15) is 42.6 Å². The van der Waals surface area contributed by atoms with Gasteiger partial charge in [0.25, 0.3) is 0 Å². The Kier molecular flexibility index (Phi) is 5.02. The van der Waals surface area contributed by atoms with Crippen LogP contribution in [-0.2, 0) is 14.9 Å². The monoisotopic (exact) mass is 285 g/mol. The zero-order valence-electron chi connectivity index (χ0n) is 11.6. The van der Waals surface area contributed by atoms with E-state index in [1.807, 2.05) is 20.8 Å². The van der Waals surface area contributed by atoms with Crippen LogP contribution in [0.5, 0.6) is 0 Å². The Labute approximate surface area is 116 Å². The van der Waals surface area contributed by atoms with Crippen LogP contribution in [0, 0.1) is 0 Å². The van der Waals surface area contributed by atoms with Crippen LogP contribution in [-0.4, -0.2) is 30.5 Å². The van der Waals surface area contributed by atoms with E-state index in [2.05, 4.69) is 10.3 Å². The van der Waals surface area contributed by atoms with Gasteiger partial charge in [0.05, 0.1) is 12.8 Å². The first-order valence-electron chi connectivity index (χ1n) is 5.89. The molecule has 0 unspecified atom stereocenters. The molecule has 0 saturated heterocycles. The van der Waals surface area contributed by atoms with Gasteiger partial charge in [-0.1, -0.05) is 32.1 Å². The number of amides is 1. The number of nitrogens with zero attached hydrogens (tertiary/aromatic N) is 1. The van der Waals surface area contributed by atoms with Gasteiger partial charge in [-0.25, -0.2) is 9.78 Å². The minimum Gasteiger partial charge on any atom is -0.465 e. The second kappa shape index (κ2) is 6.12. The molecule has 0 saturated carbocycles. The van der Waals surface area contributed by atoms with Crippen molar-refractivity contribution in [1.82, 2.24) is 4.98 Å². The van der Waals surface area contributed by atoms with E-state index in [4.69, 9.17) is 10.5 Å². The lowest BCUT2D eigenvalue weighted by atomic mass is 9.91. The van der Waals surface area contributed by atoms with Crippen LogP contribution in [0.15, 0.2) is 0 Å². The number of nitrogens with one attached hydrogen (secondary N) is 1. The van der Waals surface area contributed by atoms with E-state index in [0.29, 0.717) is 15.7 Å². The number of methoxy groups -OCH3 is 1. The van der Waals surface area contributed by atoms with Gasteiger partial charge in [-0.2, -0.15) is 0 Å². The minimum absolute atomic E-state index is 0.215. The molecular weight excluding hydrogens is 266 g/mol. The third-order valence-electron chi connectivity index (χ3n) is 2.33. The van der Waals surface area contributed by atoms with Crippen molar-refractivity contribution in [2.75, 3.05) is 19.0 Å². The fourth-order valence-corrected chi connectivity index (χ4v) is 2.54. The highest BCUT2D eigenvalue weighted by atomic mass is 32.1. The summed E-state index contributed by atoms with van der Waals surface area (Å²) in [5.41, 5.74) is 5.61. The van der Waals surface area contributed by atoms with Gasteiger partial charge in [0.2, 0.25) is 5.91 Å². The molecule has 0 spiro atoms. The van der Waals surface area contributed by atoms with Gasteiger partial charge in [0.1, 0.15) is 4.88 Å².